The van der Waals surface area contributed by atoms with Crippen LogP contribution in [0.4, 0.5) is 0 Å². The smallest absolute Gasteiger partial charge is 0.778 e. The third kappa shape index (κ3) is 36.8. The molecule has 0 aliphatic carbocycles. The molecule has 0 aliphatic heterocycles. The maximum atomic E-state index is 11.6. The number of hydrogen-bond donors (Lipinski definition) is 0. The molecule has 37 heavy (non-hydrogen) atoms. The molecule has 2 unspecified atom stereocenters. The zero-order valence-electron chi connectivity index (χ0n) is 24.6. The van der Waals surface area contributed by atoms with Gasteiger partial charge in [-0.05, 0) is 25.7 Å². The maximum absolute atomic E-state index is 11.6. The molecule has 0 aromatic carbocycles. The number of hydrogen-bond acceptors (Lipinski definition) is 6. The molecular formula is C28H60NiO6P2. The van der Waals surface area contributed by atoms with E-state index in [0.717, 1.165) is 64.2 Å². The molecule has 0 fully saturated rings. The molecule has 0 heterocycles. The minimum absolute atomic E-state index is 0. The molecule has 0 aromatic heterocycles. The Bertz CT molecular complexity index is 491. The van der Waals surface area contributed by atoms with Crippen LogP contribution in [0.15, 0.2) is 0 Å². The van der Waals surface area contributed by atoms with Gasteiger partial charge in [0.25, 0.3) is 0 Å². The molecule has 0 rings (SSSR count). The Morgan fingerprint density at radius 1 is 0.432 bits per heavy atom. The van der Waals surface area contributed by atoms with Gasteiger partial charge >= 0.3 is 16.5 Å². The van der Waals surface area contributed by atoms with Crippen LogP contribution >= 0.6 is 15.2 Å². The van der Waals surface area contributed by atoms with E-state index in [2.05, 4.69) is 27.7 Å². The average Bonchev–Trinajstić information content (AvgIpc) is 2.83. The summed E-state index contributed by atoms with van der Waals surface area (Å²) in [4.78, 5) is 23.1. The first-order valence-corrected chi connectivity index (χ1v) is 18.6. The van der Waals surface area contributed by atoms with Gasteiger partial charge < -0.3 is 28.0 Å². The summed E-state index contributed by atoms with van der Waals surface area (Å²) in [7, 11) is -7.09. The van der Waals surface area contributed by atoms with Crippen molar-refractivity contribution in [1.29, 1.82) is 0 Å². The molecule has 0 aliphatic rings. The van der Waals surface area contributed by atoms with Gasteiger partial charge in [-0.25, -0.2) is 0 Å². The van der Waals surface area contributed by atoms with Gasteiger partial charge in [-0.2, -0.15) is 0 Å². The van der Waals surface area contributed by atoms with E-state index in [-0.39, 0.29) is 28.8 Å². The van der Waals surface area contributed by atoms with Gasteiger partial charge in [-0.3, -0.25) is 0 Å². The van der Waals surface area contributed by atoms with Crippen molar-refractivity contribution in [2.24, 2.45) is 0 Å². The fourth-order valence-corrected chi connectivity index (χ4v) is 6.06. The zero-order valence-corrected chi connectivity index (χ0v) is 27.4. The molecule has 6 nitrogen and oxygen atoms in total. The van der Waals surface area contributed by atoms with Gasteiger partial charge in [0, 0.05) is 12.3 Å². The summed E-state index contributed by atoms with van der Waals surface area (Å²) in [6.07, 6.45) is 22.1. The molecule has 228 valence electrons. The number of unbranched alkanes of at least 4 members (excludes halogenated alkanes) is 16. The fraction of sp³-hybridized carbons (Fsp3) is 1.00. The predicted molar refractivity (Wildman–Crippen MR) is 152 cm³/mol. The Balaban J connectivity index is -0.000000608. The molecule has 0 N–H and O–H groups in total. The van der Waals surface area contributed by atoms with E-state index in [0.29, 0.717) is 13.2 Å². The minimum Gasteiger partial charge on any atom is -0.778 e. The van der Waals surface area contributed by atoms with E-state index < -0.39 is 15.2 Å². The van der Waals surface area contributed by atoms with E-state index in [1.54, 1.807) is 0 Å². The van der Waals surface area contributed by atoms with Gasteiger partial charge in [0.2, 0.25) is 0 Å². The molecule has 2 atom stereocenters. The largest absolute Gasteiger partial charge is 2.00 e. The third-order valence-electron chi connectivity index (χ3n) is 6.14. The van der Waals surface area contributed by atoms with E-state index >= 15 is 0 Å². The van der Waals surface area contributed by atoms with Gasteiger partial charge in [0.05, 0.1) is 13.2 Å². The second kappa shape index (κ2) is 31.3. The fourth-order valence-electron chi connectivity index (χ4n) is 3.77. The Kier molecular flexibility index (Phi) is 35.8. The second-order valence-electron chi connectivity index (χ2n) is 9.99. The quantitative estimate of drug-likeness (QED) is 0.0549. The van der Waals surface area contributed by atoms with Crippen LogP contribution in [0, 0.1) is 0 Å². The van der Waals surface area contributed by atoms with Crippen molar-refractivity contribution in [1.82, 2.24) is 0 Å². The van der Waals surface area contributed by atoms with E-state index in [1.165, 1.54) is 64.2 Å². The molecule has 0 spiro atoms. The standard InChI is InChI=1S/2C14H31O3P.Ni/c2*1-3-5-7-9-11-13-17-18(15,16)14-12-10-8-6-4-2;/h2*3-14H2,1-2H3,(H,15,16);/q;;+2/p-2. The minimum atomic E-state index is -3.55. The molecule has 9 heteroatoms. The summed E-state index contributed by atoms with van der Waals surface area (Å²) in [6.45, 7) is 9.39. The SMILES string of the molecule is CCCCCCCOP(=O)([O-])CCCCCCC.CCCCCCCOP(=O)([O-])CCCCCCC.[Ni+2]. The maximum Gasteiger partial charge on any atom is 2.00 e. The van der Waals surface area contributed by atoms with Crippen LogP contribution in [-0.2, 0) is 34.7 Å². The van der Waals surface area contributed by atoms with Gasteiger partial charge in [-0.1, -0.05) is 130 Å². The average molecular weight is 613 g/mol. The van der Waals surface area contributed by atoms with E-state index in [9.17, 15) is 18.9 Å². The topological polar surface area (TPSA) is 98.7 Å². The van der Waals surface area contributed by atoms with Crippen molar-refractivity contribution in [3.8, 4) is 0 Å². The summed E-state index contributed by atoms with van der Waals surface area (Å²) in [5.41, 5.74) is 0. The first-order chi connectivity index (χ1) is 17.2. The first kappa shape index (κ1) is 42.3. The van der Waals surface area contributed by atoms with Crippen LogP contribution in [0.3, 0.4) is 0 Å². The predicted octanol–water partition coefficient (Wildman–Crippen LogP) is 8.99. The van der Waals surface area contributed by atoms with Gasteiger partial charge in [-0.15, -0.1) is 0 Å². The second-order valence-corrected chi connectivity index (χ2v) is 13.8. The van der Waals surface area contributed by atoms with Crippen LogP contribution in [-0.4, -0.2) is 25.5 Å². The number of rotatable bonds is 26. The van der Waals surface area contributed by atoms with Crippen LogP contribution in [0.5, 0.6) is 0 Å². The molecule has 0 aromatic rings. The molecule has 0 saturated carbocycles. The summed E-state index contributed by atoms with van der Waals surface area (Å²) in [5, 5.41) is 0. The van der Waals surface area contributed by atoms with Crippen LogP contribution in [0.1, 0.15) is 156 Å². The van der Waals surface area contributed by atoms with Crippen LogP contribution in [0.2, 0.25) is 0 Å². The van der Waals surface area contributed by atoms with Crippen molar-refractivity contribution in [2.45, 2.75) is 156 Å². The summed E-state index contributed by atoms with van der Waals surface area (Å²) in [5.74, 6) is 0. The van der Waals surface area contributed by atoms with Gasteiger partial charge in [0.15, 0.2) is 0 Å². The van der Waals surface area contributed by atoms with Crippen LogP contribution in [0.25, 0.3) is 0 Å². The van der Waals surface area contributed by atoms with Crippen molar-refractivity contribution in [2.75, 3.05) is 25.5 Å². The van der Waals surface area contributed by atoms with Crippen molar-refractivity contribution in [3.63, 3.8) is 0 Å². The monoisotopic (exact) mass is 612 g/mol. The van der Waals surface area contributed by atoms with Gasteiger partial charge in [0.1, 0.15) is 15.2 Å². The van der Waals surface area contributed by atoms with E-state index in [1.807, 2.05) is 0 Å². The normalized spacial score (nSPS) is 14.2. The molecule has 0 bridgehead atoms. The summed E-state index contributed by atoms with van der Waals surface area (Å²) >= 11 is 0. The Morgan fingerprint density at radius 2 is 0.676 bits per heavy atom. The Morgan fingerprint density at radius 3 is 0.946 bits per heavy atom. The van der Waals surface area contributed by atoms with Crippen molar-refractivity contribution < 1.29 is 44.5 Å². The Labute approximate surface area is 240 Å². The summed E-state index contributed by atoms with van der Waals surface area (Å²) in [6, 6.07) is 0. The Hall–Kier alpha value is 0.794. The molecular weight excluding hydrogens is 553 g/mol. The van der Waals surface area contributed by atoms with E-state index in [4.69, 9.17) is 9.05 Å². The first-order valence-electron chi connectivity index (χ1n) is 15.1. The third-order valence-corrected chi connectivity index (χ3v) is 9.02. The molecule has 0 radical (unpaired) electrons. The van der Waals surface area contributed by atoms with Crippen molar-refractivity contribution in [3.05, 3.63) is 0 Å². The zero-order chi connectivity index (χ0) is 27.4. The molecule has 0 amide bonds. The summed E-state index contributed by atoms with van der Waals surface area (Å²) < 4.78 is 33.1. The molecule has 0 saturated heterocycles. The van der Waals surface area contributed by atoms with Crippen molar-refractivity contribution >= 4 is 15.2 Å². The van der Waals surface area contributed by atoms with Crippen LogP contribution < -0.4 is 9.79 Å².